The topological polar surface area (TPSA) is 52.6 Å². The minimum absolute atomic E-state index is 0. The zero-order valence-corrected chi connectivity index (χ0v) is 55.3. The van der Waals surface area contributed by atoms with Crippen molar-refractivity contribution < 1.29 is 76.0 Å². The maximum absolute atomic E-state index is 12.6. The third-order valence-corrected chi connectivity index (χ3v) is 13.6. The van der Waals surface area contributed by atoms with Gasteiger partial charge in [0.1, 0.15) is 11.5 Å². The molecule has 0 aliphatic heterocycles. The maximum atomic E-state index is 12.6. The molecule has 4 rings (SSSR count). The number of unbranched alkanes of at least 4 members (excludes halogenated alkanes) is 15. The number of halogens is 4. The monoisotopic (exact) mass is 1420 g/mol. The Morgan fingerprint density at radius 3 is 1.23 bits per heavy atom. The Kier molecular flexibility index (Phi) is 49.6. The molecule has 0 heterocycles. The van der Waals surface area contributed by atoms with Crippen LogP contribution in [0.3, 0.4) is 0 Å². The first kappa shape index (κ1) is 74.2. The van der Waals surface area contributed by atoms with E-state index in [1.807, 2.05) is 120 Å². The van der Waals surface area contributed by atoms with Gasteiger partial charge in [0.25, 0.3) is 0 Å². The summed E-state index contributed by atoms with van der Waals surface area (Å²) in [4.78, 5) is 26.8. The molecular formula is C64H100BrI3N2O4. The van der Waals surface area contributed by atoms with Crippen molar-refractivity contribution in [2.75, 3.05) is 77.3 Å². The van der Waals surface area contributed by atoms with E-state index in [0.29, 0.717) is 16.7 Å². The summed E-state index contributed by atoms with van der Waals surface area (Å²) in [5, 5.41) is 1.07. The van der Waals surface area contributed by atoms with Crippen molar-refractivity contribution in [3.05, 3.63) is 144 Å². The Hall–Kier alpha value is -1.85. The summed E-state index contributed by atoms with van der Waals surface area (Å²) in [5.41, 5.74) is 2.82. The molecule has 74 heavy (non-hydrogen) atoms. The zero-order valence-electron chi connectivity index (χ0n) is 47.2. The van der Waals surface area contributed by atoms with Crippen LogP contribution in [0.4, 0.5) is 0 Å². The summed E-state index contributed by atoms with van der Waals surface area (Å²) >= 11 is 5.58. The SMILES string of the molecule is C=CCCCCCCCCC[N+](C)(C)CCC[N+](C)(CCC)CCCCCCOc1ccc(C(=O)c2ccccc2)cc1.CCCCC.CI.O=C(c1ccccc1)c1ccc(OCCCCCCBr)cc1.[I-].[I-]. The van der Waals surface area contributed by atoms with Gasteiger partial charge in [-0.25, -0.2) is 0 Å². The number of hydrogen-bond acceptors (Lipinski definition) is 4. The van der Waals surface area contributed by atoms with Crippen LogP contribution in [0.1, 0.15) is 187 Å². The normalized spacial score (nSPS) is 11.3. The molecule has 0 spiro atoms. The Balaban J connectivity index is 0. The van der Waals surface area contributed by atoms with Gasteiger partial charge in [-0.3, -0.25) is 9.59 Å². The zero-order chi connectivity index (χ0) is 53.0. The number of allylic oxidation sites excluding steroid dienone is 1. The fourth-order valence-corrected chi connectivity index (χ4v) is 9.13. The van der Waals surface area contributed by atoms with Gasteiger partial charge < -0.3 is 66.4 Å². The summed E-state index contributed by atoms with van der Waals surface area (Å²) in [5.74, 6) is 1.76. The summed E-state index contributed by atoms with van der Waals surface area (Å²) in [6.45, 7) is 18.5. The number of benzene rings is 4. The fraction of sp³-hybridized carbons (Fsp3) is 0.562. The number of alkyl halides is 2. The second-order valence-corrected chi connectivity index (χ2v) is 20.9. The first-order chi connectivity index (χ1) is 35.0. The third kappa shape index (κ3) is 37.1. The molecule has 0 saturated heterocycles. The highest BCUT2D eigenvalue weighted by Crippen LogP contribution is 2.19. The van der Waals surface area contributed by atoms with Gasteiger partial charge in [0.05, 0.1) is 67.1 Å². The molecule has 0 radical (unpaired) electrons. The van der Waals surface area contributed by atoms with Crippen molar-refractivity contribution in [1.82, 2.24) is 0 Å². The van der Waals surface area contributed by atoms with Crippen LogP contribution in [0.25, 0.3) is 0 Å². The van der Waals surface area contributed by atoms with E-state index in [0.717, 1.165) is 52.9 Å². The molecule has 0 saturated carbocycles. The van der Waals surface area contributed by atoms with Crippen LogP contribution in [0, 0.1) is 0 Å². The summed E-state index contributed by atoms with van der Waals surface area (Å²) in [6.07, 6.45) is 29.0. The number of hydrogen-bond donors (Lipinski definition) is 0. The van der Waals surface area contributed by atoms with Gasteiger partial charge in [0, 0.05) is 34.0 Å². The van der Waals surface area contributed by atoms with Crippen molar-refractivity contribution >= 4 is 50.1 Å². The molecule has 0 aliphatic rings. The first-order valence-electron chi connectivity index (χ1n) is 27.9. The lowest BCUT2D eigenvalue weighted by Gasteiger charge is -2.36. The maximum Gasteiger partial charge on any atom is 0.193 e. The van der Waals surface area contributed by atoms with Gasteiger partial charge in [-0.2, -0.15) is 0 Å². The minimum Gasteiger partial charge on any atom is -1.00 e. The Morgan fingerprint density at radius 1 is 0.459 bits per heavy atom. The second-order valence-electron chi connectivity index (χ2n) is 20.1. The highest BCUT2D eigenvalue weighted by Gasteiger charge is 2.23. The van der Waals surface area contributed by atoms with Crippen molar-refractivity contribution in [3.8, 4) is 11.5 Å². The fourth-order valence-electron chi connectivity index (χ4n) is 8.73. The van der Waals surface area contributed by atoms with Crippen LogP contribution in [-0.2, 0) is 0 Å². The molecule has 4 aromatic carbocycles. The molecule has 4 aromatic rings. The number of nitrogens with zero attached hydrogens (tertiary/aromatic N) is 2. The van der Waals surface area contributed by atoms with Crippen LogP contribution >= 0.6 is 38.5 Å². The number of ketones is 2. The summed E-state index contributed by atoms with van der Waals surface area (Å²) < 4.78 is 14.0. The highest BCUT2D eigenvalue weighted by atomic mass is 127. The van der Waals surface area contributed by atoms with Crippen molar-refractivity contribution in [3.63, 3.8) is 0 Å². The van der Waals surface area contributed by atoms with E-state index in [1.165, 1.54) is 159 Å². The van der Waals surface area contributed by atoms with E-state index in [9.17, 15) is 9.59 Å². The van der Waals surface area contributed by atoms with Crippen LogP contribution in [0.2, 0.25) is 0 Å². The smallest absolute Gasteiger partial charge is 0.193 e. The average Bonchev–Trinajstić information content (AvgIpc) is 3.40. The molecule has 6 nitrogen and oxygen atoms in total. The molecule has 0 aromatic heterocycles. The van der Waals surface area contributed by atoms with E-state index in [2.05, 4.69) is 87.0 Å². The number of rotatable bonds is 37. The van der Waals surface area contributed by atoms with E-state index in [1.54, 1.807) is 0 Å². The van der Waals surface area contributed by atoms with Crippen molar-refractivity contribution in [1.29, 1.82) is 0 Å². The van der Waals surface area contributed by atoms with Gasteiger partial charge >= 0.3 is 0 Å². The average molecular weight is 1420 g/mol. The molecule has 418 valence electrons. The predicted molar refractivity (Wildman–Crippen MR) is 324 cm³/mol. The minimum atomic E-state index is 0. The molecule has 0 aliphatic carbocycles. The van der Waals surface area contributed by atoms with Crippen molar-refractivity contribution in [2.45, 2.75) is 156 Å². The molecule has 10 heteroatoms. The van der Waals surface area contributed by atoms with Gasteiger partial charge in [-0.05, 0) is 124 Å². The van der Waals surface area contributed by atoms with E-state index in [4.69, 9.17) is 9.47 Å². The number of carbonyl (C=O) groups is 2. The third-order valence-electron chi connectivity index (χ3n) is 13.1. The van der Waals surface area contributed by atoms with Crippen LogP contribution < -0.4 is 57.4 Å². The van der Waals surface area contributed by atoms with Crippen LogP contribution in [0.5, 0.6) is 11.5 Å². The van der Waals surface area contributed by atoms with Crippen molar-refractivity contribution in [2.24, 2.45) is 0 Å². The lowest BCUT2D eigenvalue weighted by atomic mass is 10.0. The van der Waals surface area contributed by atoms with E-state index >= 15 is 0 Å². The standard InChI is InChI=1S/C39H64N2O2.C19H21BrO2.C5H12.CH3I.2HI/c1-6-8-9-10-11-12-13-14-20-31-40(3,4)32-23-34-41(5,30-7-2)33-21-15-16-22-35-43-38-28-26-37(27-29-38)39(42)36-24-18-17-19-25-36;20-14-6-1-2-7-15-22-18-12-10-17(11-13-18)19(21)16-8-4-3-5-9-16;1-3-5-4-2;1-2;;/h6,17-19,24-29H,1,7-16,20-23,30-35H2,2-5H3;3-5,8-13H,1-2,6-7,14-15H2;3-5H2,1-2H3;1H3;2*1H/q+2;;;;;/p-2. The highest BCUT2D eigenvalue weighted by molar-refractivity contribution is 14.1. The largest absolute Gasteiger partial charge is 1.00 e. The lowest BCUT2D eigenvalue weighted by molar-refractivity contribution is -0.921. The van der Waals surface area contributed by atoms with Crippen LogP contribution in [0.15, 0.2) is 122 Å². The Bertz CT molecular complexity index is 1900. The molecule has 0 fully saturated rings. The number of carbonyl (C=O) groups excluding carboxylic acids is 2. The van der Waals surface area contributed by atoms with E-state index < -0.39 is 0 Å². The molecule has 1 atom stereocenters. The molecule has 0 amide bonds. The lowest BCUT2D eigenvalue weighted by Crippen LogP contribution is -3.00. The quantitative estimate of drug-likeness (QED) is 0.0113. The molecule has 1 unspecified atom stereocenters. The van der Waals surface area contributed by atoms with Gasteiger partial charge in [0.2, 0.25) is 0 Å². The molecule has 0 N–H and O–H groups in total. The molecule has 0 bridgehead atoms. The number of ether oxygens (including phenoxy) is 2. The van der Waals surface area contributed by atoms with Gasteiger partial charge in [-0.15, -0.1) is 6.58 Å². The summed E-state index contributed by atoms with van der Waals surface area (Å²) in [7, 11) is 7.34. The summed E-state index contributed by atoms with van der Waals surface area (Å²) in [6, 6.07) is 33.7. The van der Waals surface area contributed by atoms with Crippen LogP contribution in [-0.4, -0.2) is 97.9 Å². The second kappa shape index (κ2) is 49.4. The van der Waals surface area contributed by atoms with Gasteiger partial charge in [-0.1, -0.05) is 184 Å². The predicted octanol–water partition coefficient (Wildman–Crippen LogP) is 12.0. The Morgan fingerprint density at radius 2 is 0.824 bits per heavy atom. The molecular weight excluding hydrogens is 1320 g/mol. The first-order valence-corrected chi connectivity index (χ1v) is 31.1. The number of quaternary nitrogens is 2. The van der Waals surface area contributed by atoms with E-state index in [-0.39, 0.29) is 59.5 Å². The van der Waals surface area contributed by atoms with Gasteiger partial charge in [0.15, 0.2) is 11.6 Å². The Labute approximate surface area is 509 Å².